The van der Waals surface area contributed by atoms with E-state index in [0.717, 1.165) is 6.08 Å². The average molecular weight is 370 g/mol. The average Bonchev–Trinajstić information content (AvgIpc) is 2.68. The van der Waals surface area contributed by atoms with E-state index in [1.807, 2.05) is 6.92 Å². The van der Waals surface area contributed by atoms with Crippen LogP contribution in [0.2, 0.25) is 0 Å². The van der Waals surface area contributed by atoms with Crippen LogP contribution < -0.4 is 14.2 Å². The van der Waals surface area contributed by atoms with Gasteiger partial charge in [0.05, 0.1) is 12.2 Å². The van der Waals surface area contributed by atoms with Gasteiger partial charge in [0.15, 0.2) is 0 Å². The number of benzene rings is 2. The summed E-state index contributed by atoms with van der Waals surface area (Å²) >= 11 is 0. The van der Waals surface area contributed by atoms with Crippen molar-refractivity contribution in [2.24, 2.45) is 0 Å². The molecule has 0 heterocycles. The Morgan fingerprint density at radius 2 is 1.37 bits per heavy atom. The first-order valence-corrected chi connectivity index (χ1v) is 8.13. The second-order valence-electron chi connectivity index (χ2n) is 5.21. The molecule has 2 aromatic rings. The summed E-state index contributed by atoms with van der Waals surface area (Å²) in [5.74, 6) is -0.342. The first-order valence-electron chi connectivity index (χ1n) is 8.13. The first kappa shape index (κ1) is 19.7. The van der Waals surface area contributed by atoms with E-state index in [9.17, 15) is 14.4 Å². The Morgan fingerprint density at radius 3 is 1.93 bits per heavy atom. The normalized spacial score (nSPS) is 9.81. The molecule has 2 rings (SSSR count). The lowest BCUT2D eigenvalue weighted by Crippen LogP contribution is -2.12. The summed E-state index contributed by atoms with van der Waals surface area (Å²) in [7, 11) is 0. The van der Waals surface area contributed by atoms with Crippen molar-refractivity contribution in [1.29, 1.82) is 0 Å². The van der Waals surface area contributed by atoms with E-state index in [2.05, 4.69) is 6.58 Å². The van der Waals surface area contributed by atoms with Gasteiger partial charge in [-0.15, -0.1) is 0 Å². The van der Waals surface area contributed by atoms with Gasteiger partial charge in [-0.3, -0.25) is 0 Å². The number of ether oxygens (including phenoxy) is 4. The van der Waals surface area contributed by atoms with Crippen LogP contribution in [-0.4, -0.2) is 24.7 Å². The zero-order chi connectivity index (χ0) is 19.6. The van der Waals surface area contributed by atoms with Gasteiger partial charge in [-0.2, -0.15) is 0 Å². The van der Waals surface area contributed by atoms with Crippen molar-refractivity contribution in [3.8, 4) is 17.2 Å². The van der Waals surface area contributed by atoms with Gasteiger partial charge in [-0.25, -0.2) is 14.4 Å². The molecule has 0 saturated carbocycles. The molecule has 0 aromatic heterocycles. The van der Waals surface area contributed by atoms with Gasteiger partial charge in [-0.05, 0) is 55.0 Å². The topological polar surface area (TPSA) is 88.1 Å². The van der Waals surface area contributed by atoms with Crippen LogP contribution in [0.15, 0.2) is 61.2 Å². The Bertz CT molecular complexity index is 807. The van der Waals surface area contributed by atoms with Crippen LogP contribution >= 0.6 is 0 Å². The van der Waals surface area contributed by atoms with E-state index in [-0.39, 0.29) is 23.7 Å². The van der Waals surface area contributed by atoms with Crippen LogP contribution in [0.3, 0.4) is 0 Å². The first-order chi connectivity index (χ1) is 13.0. The molecular weight excluding hydrogens is 352 g/mol. The molecule has 0 aliphatic heterocycles. The Hall–Kier alpha value is -3.61. The Kier molecular flexibility index (Phi) is 7.13. The van der Waals surface area contributed by atoms with Crippen molar-refractivity contribution in [1.82, 2.24) is 0 Å². The van der Waals surface area contributed by atoms with Crippen LogP contribution in [0.1, 0.15) is 23.7 Å². The number of hydrogen-bond donors (Lipinski definition) is 0. The maximum atomic E-state index is 12.1. The number of carbonyl (C=O) groups excluding carboxylic acids is 3. The fourth-order valence-electron chi connectivity index (χ4n) is 1.87. The molecule has 0 aliphatic rings. The van der Waals surface area contributed by atoms with Crippen molar-refractivity contribution in [2.45, 2.75) is 13.3 Å². The van der Waals surface area contributed by atoms with Crippen molar-refractivity contribution >= 4 is 18.1 Å². The van der Waals surface area contributed by atoms with Gasteiger partial charge < -0.3 is 18.9 Å². The van der Waals surface area contributed by atoms with Crippen LogP contribution in [0.4, 0.5) is 4.79 Å². The minimum Gasteiger partial charge on any atom is -0.434 e. The molecule has 2 aromatic carbocycles. The molecule has 140 valence electrons. The Balaban J connectivity index is 1.92. The highest BCUT2D eigenvalue weighted by Gasteiger charge is 2.11. The minimum atomic E-state index is -0.801. The van der Waals surface area contributed by atoms with E-state index in [1.54, 1.807) is 0 Å². The highest BCUT2D eigenvalue weighted by Crippen LogP contribution is 2.20. The molecule has 0 N–H and O–H groups in total. The number of hydrogen-bond acceptors (Lipinski definition) is 7. The molecule has 7 heteroatoms. The van der Waals surface area contributed by atoms with Crippen LogP contribution in [0.5, 0.6) is 17.2 Å². The van der Waals surface area contributed by atoms with Gasteiger partial charge in [0.2, 0.25) is 0 Å². The highest BCUT2D eigenvalue weighted by molar-refractivity contribution is 5.91. The van der Waals surface area contributed by atoms with Gasteiger partial charge in [-0.1, -0.05) is 13.5 Å². The maximum absolute atomic E-state index is 12.1. The molecule has 0 spiro atoms. The lowest BCUT2D eigenvalue weighted by Gasteiger charge is -2.07. The summed E-state index contributed by atoms with van der Waals surface area (Å²) in [4.78, 5) is 34.6. The fourth-order valence-corrected chi connectivity index (χ4v) is 1.87. The number of rotatable bonds is 7. The second-order valence-corrected chi connectivity index (χ2v) is 5.21. The summed E-state index contributed by atoms with van der Waals surface area (Å²) < 4.78 is 19.9. The van der Waals surface area contributed by atoms with E-state index in [1.165, 1.54) is 48.5 Å². The number of carbonyl (C=O) groups is 3. The van der Waals surface area contributed by atoms with Crippen LogP contribution in [0, 0.1) is 0 Å². The molecule has 0 aliphatic carbocycles. The standard InChI is InChI=1S/C20H18O7/c1-3-13-24-20(23)27-17-7-5-14(6-8-17)19(22)26-16-11-9-15(10-12-16)25-18(21)4-2/h4-12H,2-3,13H2,1H3. The van der Waals surface area contributed by atoms with E-state index < -0.39 is 18.1 Å². The van der Waals surface area contributed by atoms with Crippen molar-refractivity contribution in [3.63, 3.8) is 0 Å². The van der Waals surface area contributed by atoms with E-state index in [0.29, 0.717) is 12.2 Å². The molecule has 7 nitrogen and oxygen atoms in total. The van der Waals surface area contributed by atoms with Crippen LogP contribution in [-0.2, 0) is 9.53 Å². The smallest absolute Gasteiger partial charge is 0.434 e. The third kappa shape index (κ3) is 6.32. The molecule has 0 amide bonds. The molecular formula is C20H18O7. The monoisotopic (exact) mass is 370 g/mol. The zero-order valence-corrected chi connectivity index (χ0v) is 14.7. The largest absolute Gasteiger partial charge is 0.513 e. The second kappa shape index (κ2) is 9.76. The molecule has 0 saturated heterocycles. The van der Waals surface area contributed by atoms with Gasteiger partial charge >= 0.3 is 18.1 Å². The SMILES string of the molecule is C=CC(=O)Oc1ccc(OC(=O)c2ccc(OC(=O)OCCC)cc2)cc1. The fraction of sp³-hybridized carbons (Fsp3) is 0.150. The predicted octanol–water partition coefficient (Wildman–Crippen LogP) is 3.92. The van der Waals surface area contributed by atoms with Gasteiger partial charge in [0.25, 0.3) is 0 Å². The predicted molar refractivity (Wildman–Crippen MR) is 95.9 cm³/mol. The summed E-state index contributed by atoms with van der Waals surface area (Å²) in [6.45, 7) is 5.45. The molecule has 0 radical (unpaired) electrons. The van der Waals surface area contributed by atoms with Gasteiger partial charge in [0.1, 0.15) is 17.2 Å². The van der Waals surface area contributed by atoms with Crippen molar-refractivity contribution < 1.29 is 33.3 Å². The third-order valence-corrected chi connectivity index (χ3v) is 3.13. The highest BCUT2D eigenvalue weighted by atomic mass is 16.7. The third-order valence-electron chi connectivity index (χ3n) is 3.13. The lowest BCUT2D eigenvalue weighted by molar-refractivity contribution is -0.128. The Morgan fingerprint density at radius 1 is 0.852 bits per heavy atom. The zero-order valence-electron chi connectivity index (χ0n) is 14.7. The maximum Gasteiger partial charge on any atom is 0.513 e. The summed E-state index contributed by atoms with van der Waals surface area (Å²) in [6.07, 6.45) is 0.937. The van der Waals surface area contributed by atoms with Crippen molar-refractivity contribution in [3.05, 3.63) is 66.7 Å². The lowest BCUT2D eigenvalue weighted by atomic mass is 10.2. The quantitative estimate of drug-likeness (QED) is 0.316. The Labute approximate surface area is 156 Å². The summed E-state index contributed by atoms with van der Waals surface area (Å²) in [5, 5.41) is 0. The van der Waals surface area contributed by atoms with Crippen LogP contribution in [0.25, 0.3) is 0 Å². The molecule has 0 fully saturated rings. The molecule has 27 heavy (non-hydrogen) atoms. The van der Waals surface area contributed by atoms with E-state index >= 15 is 0 Å². The minimum absolute atomic E-state index is 0.251. The van der Waals surface area contributed by atoms with Crippen molar-refractivity contribution in [2.75, 3.05) is 6.61 Å². The molecule has 0 unspecified atom stereocenters. The molecule has 0 bridgehead atoms. The van der Waals surface area contributed by atoms with E-state index in [4.69, 9.17) is 18.9 Å². The summed E-state index contributed by atoms with van der Waals surface area (Å²) in [6, 6.07) is 11.8. The van der Waals surface area contributed by atoms with Gasteiger partial charge in [0, 0.05) is 6.08 Å². The summed E-state index contributed by atoms with van der Waals surface area (Å²) in [5.41, 5.74) is 0.270. The number of esters is 2. The molecule has 0 atom stereocenters.